The lowest BCUT2D eigenvalue weighted by atomic mass is 9.80. The average Bonchev–Trinajstić information content (AvgIpc) is 2.97. The molecule has 0 saturated carbocycles. The number of methoxy groups -OCH3 is 1. The summed E-state index contributed by atoms with van der Waals surface area (Å²) < 4.78 is 4.82. The predicted molar refractivity (Wildman–Crippen MR) is 77.9 cm³/mol. The van der Waals surface area contributed by atoms with Crippen molar-refractivity contribution >= 4 is 29.4 Å². The zero-order valence-corrected chi connectivity index (χ0v) is 12.8. The van der Waals surface area contributed by atoms with Crippen LogP contribution in [0.25, 0.3) is 0 Å². The second-order valence-electron chi connectivity index (χ2n) is 5.72. The molecule has 0 unspecified atom stereocenters. The fourth-order valence-electron chi connectivity index (χ4n) is 3.42. The van der Waals surface area contributed by atoms with Gasteiger partial charge in [0.25, 0.3) is 0 Å². The van der Waals surface area contributed by atoms with Crippen LogP contribution in [0, 0.1) is 11.8 Å². The molecule has 0 bridgehead atoms. The van der Waals surface area contributed by atoms with Gasteiger partial charge in [0.2, 0.25) is 11.8 Å². The summed E-state index contributed by atoms with van der Waals surface area (Å²) in [6.45, 7) is 1.59. The molecular formula is C15H15ClN2O4. The molecular weight excluding hydrogens is 308 g/mol. The average molecular weight is 323 g/mol. The minimum atomic E-state index is -1.25. The number of esters is 1. The third kappa shape index (κ3) is 2.02. The summed E-state index contributed by atoms with van der Waals surface area (Å²) >= 11 is 5.88. The molecule has 7 heteroatoms. The molecule has 3 rings (SSSR count). The van der Waals surface area contributed by atoms with Crippen molar-refractivity contribution in [2.75, 3.05) is 7.11 Å². The van der Waals surface area contributed by atoms with E-state index in [-0.39, 0.29) is 5.91 Å². The van der Waals surface area contributed by atoms with Crippen LogP contribution in [0.4, 0.5) is 0 Å². The van der Waals surface area contributed by atoms with Crippen molar-refractivity contribution in [2.24, 2.45) is 11.8 Å². The highest BCUT2D eigenvalue weighted by atomic mass is 35.5. The summed E-state index contributed by atoms with van der Waals surface area (Å²) in [5.74, 6) is -2.85. The summed E-state index contributed by atoms with van der Waals surface area (Å²) in [5.41, 5.74) is -0.461. The molecule has 22 heavy (non-hydrogen) atoms. The Labute approximate surface area is 132 Å². The number of hydrogen-bond acceptors (Lipinski definition) is 5. The maximum Gasteiger partial charge on any atom is 0.326 e. The molecule has 2 aliphatic heterocycles. The molecule has 0 aliphatic carbocycles. The number of benzene rings is 1. The molecule has 0 spiro atoms. The molecule has 2 saturated heterocycles. The number of nitrogens with one attached hydrogen (secondary N) is 2. The van der Waals surface area contributed by atoms with Crippen LogP contribution < -0.4 is 10.6 Å². The number of hydrogen-bond donors (Lipinski definition) is 2. The van der Waals surface area contributed by atoms with Gasteiger partial charge in [-0.15, -0.1) is 0 Å². The number of fused-ring (bicyclic) bond motifs is 1. The van der Waals surface area contributed by atoms with Gasteiger partial charge in [-0.05, 0) is 24.6 Å². The fraction of sp³-hybridized carbons (Fsp3) is 0.400. The quantitative estimate of drug-likeness (QED) is 0.621. The molecule has 4 atom stereocenters. The number of halogens is 1. The normalized spacial score (nSPS) is 33.5. The van der Waals surface area contributed by atoms with Gasteiger partial charge in [-0.25, -0.2) is 0 Å². The van der Waals surface area contributed by atoms with E-state index in [4.69, 9.17) is 16.3 Å². The summed E-state index contributed by atoms with van der Waals surface area (Å²) in [6, 6.07) is 6.50. The largest absolute Gasteiger partial charge is 0.468 e. The monoisotopic (exact) mass is 322 g/mol. The van der Waals surface area contributed by atoms with E-state index in [1.54, 1.807) is 31.2 Å². The van der Waals surface area contributed by atoms with Gasteiger partial charge >= 0.3 is 5.97 Å². The Hall–Kier alpha value is -1.92. The first-order valence-corrected chi connectivity index (χ1v) is 7.22. The zero-order valence-electron chi connectivity index (χ0n) is 12.1. The number of ether oxygens (including phenoxy) is 1. The molecule has 2 N–H and O–H groups in total. The minimum Gasteiger partial charge on any atom is -0.468 e. The van der Waals surface area contributed by atoms with Crippen LogP contribution >= 0.6 is 11.6 Å². The van der Waals surface area contributed by atoms with E-state index < -0.39 is 35.3 Å². The molecule has 0 radical (unpaired) electrons. The molecule has 2 fully saturated rings. The lowest BCUT2D eigenvalue weighted by molar-refractivity contribution is -0.151. The van der Waals surface area contributed by atoms with E-state index >= 15 is 0 Å². The van der Waals surface area contributed by atoms with Gasteiger partial charge in [-0.3, -0.25) is 25.0 Å². The van der Waals surface area contributed by atoms with Crippen molar-refractivity contribution in [3.8, 4) is 0 Å². The number of amides is 2. The van der Waals surface area contributed by atoms with Gasteiger partial charge in [0, 0.05) is 11.1 Å². The van der Waals surface area contributed by atoms with Crippen LogP contribution in [0.1, 0.15) is 18.5 Å². The number of carbonyl (C=O) groups excluding carboxylic acids is 3. The van der Waals surface area contributed by atoms with Crippen molar-refractivity contribution in [1.82, 2.24) is 10.6 Å². The lowest BCUT2D eigenvalue weighted by Gasteiger charge is -2.26. The van der Waals surface area contributed by atoms with Gasteiger partial charge in [0.15, 0.2) is 0 Å². The smallest absolute Gasteiger partial charge is 0.326 e. The molecule has 2 aliphatic rings. The second-order valence-corrected chi connectivity index (χ2v) is 6.16. The van der Waals surface area contributed by atoms with Crippen LogP contribution in [-0.2, 0) is 19.1 Å². The molecule has 2 amide bonds. The van der Waals surface area contributed by atoms with Gasteiger partial charge in [-0.2, -0.15) is 0 Å². The van der Waals surface area contributed by atoms with Crippen molar-refractivity contribution in [1.29, 1.82) is 0 Å². The lowest BCUT2D eigenvalue weighted by Crippen LogP contribution is -2.53. The maximum atomic E-state index is 12.2. The van der Waals surface area contributed by atoms with Gasteiger partial charge < -0.3 is 4.74 Å². The number of rotatable bonds is 2. The second kappa shape index (κ2) is 5.07. The molecule has 0 aromatic heterocycles. The highest BCUT2D eigenvalue weighted by Crippen LogP contribution is 2.46. The standard InChI is InChI=1S/C15H15ClN2O4/c1-15(14(21)22-2)10-9(12(19)17-13(10)20)11(18-15)7-3-5-8(16)6-4-7/h3-6,9-11,18H,1-2H3,(H,17,19,20)/t9-,10-,11-,15-/m0/s1. The van der Waals surface area contributed by atoms with E-state index in [0.29, 0.717) is 5.02 Å². The highest BCUT2D eigenvalue weighted by Gasteiger charge is 2.64. The van der Waals surface area contributed by atoms with Crippen LogP contribution in [0.15, 0.2) is 24.3 Å². The van der Waals surface area contributed by atoms with E-state index in [9.17, 15) is 14.4 Å². The van der Waals surface area contributed by atoms with Crippen LogP contribution in [-0.4, -0.2) is 30.4 Å². The van der Waals surface area contributed by atoms with Crippen LogP contribution in [0.2, 0.25) is 5.02 Å². The first-order chi connectivity index (χ1) is 10.4. The van der Waals surface area contributed by atoms with Crippen molar-refractivity contribution < 1.29 is 19.1 Å². The maximum absolute atomic E-state index is 12.2. The van der Waals surface area contributed by atoms with Crippen LogP contribution in [0.3, 0.4) is 0 Å². The fourth-order valence-corrected chi connectivity index (χ4v) is 3.55. The first-order valence-electron chi connectivity index (χ1n) is 6.85. The van der Waals surface area contributed by atoms with E-state index in [1.165, 1.54) is 7.11 Å². The third-order valence-electron chi connectivity index (χ3n) is 4.47. The molecule has 1 aromatic carbocycles. The number of carbonyl (C=O) groups is 3. The number of imide groups is 1. The SMILES string of the molecule is COC(=O)[C@@]1(C)N[C@@H](c2ccc(Cl)cc2)[C@H]2C(=O)NC(=O)[C@H]21. The minimum absolute atomic E-state index is 0.380. The summed E-state index contributed by atoms with van der Waals surface area (Å²) in [7, 11) is 1.26. The Kier molecular flexibility index (Phi) is 3.45. The predicted octanol–water partition coefficient (Wildman–Crippen LogP) is 0.805. The topological polar surface area (TPSA) is 84.5 Å². The highest BCUT2D eigenvalue weighted by molar-refractivity contribution is 6.30. The first kappa shape index (κ1) is 15.0. The van der Waals surface area contributed by atoms with Gasteiger partial charge in [0.1, 0.15) is 5.54 Å². The Bertz CT molecular complexity index is 660. The van der Waals surface area contributed by atoms with Crippen molar-refractivity contribution in [3.05, 3.63) is 34.9 Å². The zero-order chi connectivity index (χ0) is 16.1. The summed E-state index contributed by atoms with van der Waals surface area (Å²) in [4.78, 5) is 36.5. The molecule has 116 valence electrons. The van der Waals surface area contributed by atoms with Crippen molar-refractivity contribution in [2.45, 2.75) is 18.5 Å². The van der Waals surface area contributed by atoms with Crippen LogP contribution in [0.5, 0.6) is 0 Å². The van der Waals surface area contributed by atoms with E-state index in [2.05, 4.69) is 10.6 Å². The Morgan fingerprint density at radius 3 is 2.45 bits per heavy atom. The van der Waals surface area contributed by atoms with Gasteiger partial charge in [-0.1, -0.05) is 23.7 Å². The third-order valence-corrected chi connectivity index (χ3v) is 4.72. The molecule has 2 heterocycles. The van der Waals surface area contributed by atoms with Gasteiger partial charge in [0.05, 0.1) is 18.9 Å². The Morgan fingerprint density at radius 1 is 1.23 bits per heavy atom. The van der Waals surface area contributed by atoms with E-state index in [1.807, 2.05) is 0 Å². The van der Waals surface area contributed by atoms with E-state index in [0.717, 1.165) is 5.56 Å². The summed E-state index contributed by atoms with van der Waals surface area (Å²) in [6.07, 6.45) is 0. The van der Waals surface area contributed by atoms with Crippen molar-refractivity contribution in [3.63, 3.8) is 0 Å². The molecule has 1 aromatic rings. The molecule has 6 nitrogen and oxygen atoms in total. The summed E-state index contributed by atoms with van der Waals surface area (Å²) in [5, 5.41) is 6.00. The Balaban J connectivity index is 2.06. The Morgan fingerprint density at radius 2 is 1.86 bits per heavy atom.